The van der Waals surface area contributed by atoms with Gasteiger partial charge in [-0.05, 0) is 11.6 Å². The fraction of sp³-hybridized carbons (Fsp3) is 0.333. The second-order valence-electron chi connectivity index (χ2n) is 3.41. The third kappa shape index (κ3) is 2.62. The molecule has 2 rings (SSSR count). The normalized spacial score (nSPS) is 18.9. The molecule has 2 heterocycles. The van der Waals surface area contributed by atoms with Gasteiger partial charge < -0.3 is 15.8 Å². The van der Waals surface area contributed by atoms with Crippen molar-refractivity contribution in [1.82, 2.24) is 15.3 Å². The van der Waals surface area contributed by atoms with Crippen LogP contribution in [0.15, 0.2) is 6.07 Å². The van der Waals surface area contributed by atoms with E-state index in [-0.39, 0.29) is 22.8 Å². The molecule has 7 nitrogen and oxygen atoms in total. The molecule has 0 saturated carbocycles. The SMILES string of the molecule is NC(=O)c1cc(O[C@H]2CCNC2=O)nc(Cl)n1. The summed E-state index contributed by atoms with van der Waals surface area (Å²) in [4.78, 5) is 29.6. The van der Waals surface area contributed by atoms with Crippen LogP contribution in [0.1, 0.15) is 16.9 Å². The first kappa shape index (κ1) is 11.6. The summed E-state index contributed by atoms with van der Waals surface area (Å²) in [5.41, 5.74) is 5.01. The number of amides is 2. The third-order valence-electron chi connectivity index (χ3n) is 2.19. The number of hydrogen-bond donors (Lipinski definition) is 2. The second-order valence-corrected chi connectivity index (χ2v) is 3.75. The number of nitrogens with two attached hydrogens (primary N) is 1. The van der Waals surface area contributed by atoms with Crippen LogP contribution >= 0.6 is 11.6 Å². The lowest BCUT2D eigenvalue weighted by Gasteiger charge is -2.10. The number of nitrogens with one attached hydrogen (secondary N) is 1. The van der Waals surface area contributed by atoms with Gasteiger partial charge in [0.25, 0.3) is 11.8 Å². The number of nitrogens with zero attached hydrogens (tertiary/aromatic N) is 2. The number of carbonyl (C=O) groups excluding carboxylic acids is 2. The highest BCUT2D eigenvalue weighted by Crippen LogP contribution is 2.16. The van der Waals surface area contributed by atoms with E-state index in [2.05, 4.69) is 15.3 Å². The summed E-state index contributed by atoms with van der Waals surface area (Å²) in [5.74, 6) is -0.906. The number of carbonyl (C=O) groups is 2. The monoisotopic (exact) mass is 256 g/mol. The highest BCUT2D eigenvalue weighted by atomic mass is 35.5. The average Bonchev–Trinajstić information content (AvgIpc) is 2.63. The van der Waals surface area contributed by atoms with Crippen molar-refractivity contribution in [2.75, 3.05) is 6.54 Å². The van der Waals surface area contributed by atoms with Crippen LogP contribution in [0.5, 0.6) is 5.88 Å². The molecule has 1 atom stereocenters. The van der Waals surface area contributed by atoms with Crippen LogP contribution < -0.4 is 15.8 Å². The van der Waals surface area contributed by atoms with Crippen molar-refractivity contribution in [3.8, 4) is 5.88 Å². The van der Waals surface area contributed by atoms with Gasteiger partial charge in [0.2, 0.25) is 11.2 Å². The van der Waals surface area contributed by atoms with Crippen molar-refractivity contribution in [2.24, 2.45) is 5.73 Å². The maximum absolute atomic E-state index is 11.3. The van der Waals surface area contributed by atoms with Crippen LogP contribution in [0.4, 0.5) is 0 Å². The summed E-state index contributed by atoms with van der Waals surface area (Å²) in [5, 5.41) is 2.45. The molecule has 90 valence electrons. The number of ether oxygens (including phenoxy) is 1. The molecule has 1 aromatic rings. The summed E-state index contributed by atoms with van der Waals surface area (Å²) in [6.07, 6.45) is -0.0893. The van der Waals surface area contributed by atoms with E-state index in [0.29, 0.717) is 13.0 Å². The van der Waals surface area contributed by atoms with E-state index in [1.54, 1.807) is 0 Å². The number of aromatic nitrogens is 2. The maximum atomic E-state index is 11.3. The van der Waals surface area contributed by atoms with Crippen LogP contribution in [0.2, 0.25) is 5.28 Å². The molecule has 1 aliphatic heterocycles. The lowest BCUT2D eigenvalue weighted by atomic mass is 10.3. The quantitative estimate of drug-likeness (QED) is 0.709. The summed E-state index contributed by atoms with van der Waals surface area (Å²) < 4.78 is 5.30. The lowest BCUT2D eigenvalue weighted by Crippen LogP contribution is -2.28. The summed E-state index contributed by atoms with van der Waals surface area (Å²) in [6, 6.07) is 1.25. The smallest absolute Gasteiger partial charge is 0.267 e. The summed E-state index contributed by atoms with van der Waals surface area (Å²) >= 11 is 5.61. The van der Waals surface area contributed by atoms with E-state index in [1.807, 2.05) is 0 Å². The largest absolute Gasteiger partial charge is 0.464 e. The Balaban J connectivity index is 2.20. The lowest BCUT2D eigenvalue weighted by molar-refractivity contribution is -0.125. The molecule has 1 aliphatic rings. The topological polar surface area (TPSA) is 107 Å². The zero-order valence-electron chi connectivity index (χ0n) is 8.64. The Kier molecular flexibility index (Phi) is 3.10. The fourth-order valence-electron chi connectivity index (χ4n) is 1.41. The first-order valence-corrected chi connectivity index (χ1v) is 5.23. The molecule has 1 saturated heterocycles. The van der Waals surface area contributed by atoms with E-state index < -0.39 is 12.0 Å². The van der Waals surface area contributed by atoms with Gasteiger partial charge >= 0.3 is 0 Å². The number of hydrogen-bond acceptors (Lipinski definition) is 5. The minimum absolute atomic E-state index is 0.0563. The predicted molar refractivity (Wildman–Crippen MR) is 57.6 cm³/mol. The van der Waals surface area contributed by atoms with E-state index in [9.17, 15) is 9.59 Å². The molecule has 0 aliphatic carbocycles. The van der Waals surface area contributed by atoms with Gasteiger partial charge in [0.15, 0.2) is 6.10 Å². The zero-order chi connectivity index (χ0) is 12.4. The van der Waals surface area contributed by atoms with Crippen LogP contribution in [-0.2, 0) is 4.79 Å². The van der Waals surface area contributed by atoms with Gasteiger partial charge in [0.1, 0.15) is 5.69 Å². The Hall–Kier alpha value is -1.89. The van der Waals surface area contributed by atoms with Gasteiger partial charge in [-0.1, -0.05) is 0 Å². The summed E-state index contributed by atoms with van der Waals surface area (Å²) in [6.45, 7) is 0.547. The third-order valence-corrected chi connectivity index (χ3v) is 2.36. The molecule has 17 heavy (non-hydrogen) atoms. The first-order valence-electron chi connectivity index (χ1n) is 4.85. The predicted octanol–water partition coefficient (Wildman–Crippen LogP) is -0.504. The van der Waals surface area contributed by atoms with Gasteiger partial charge in [-0.2, -0.15) is 4.98 Å². The van der Waals surface area contributed by atoms with Crippen LogP contribution in [0.3, 0.4) is 0 Å². The van der Waals surface area contributed by atoms with Gasteiger partial charge in [-0.15, -0.1) is 0 Å². The maximum Gasteiger partial charge on any atom is 0.267 e. The minimum Gasteiger partial charge on any atom is -0.464 e. The molecular formula is C9H9ClN4O3. The number of rotatable bonds is 3. The molecule has 0 spiro atoms. The molecule has 8 heteroatoms. The van der Waals surface area contributed by atoms with Crippen molar-refractivity contribution in [1.29, 1.82) is 0 Å². The molecule has 2 amide bonds. The Morgan fingerprint density at radius 2 is 2.35 bits per heavy atom. The first-order chi connectivity index (χ1) is 8.06. The number of primary amides is 1. The molecular weight excluding hydrogens is 248 g/mol. The average molecular weight is 257 g/mol. The summed E-state index contributed by atoms with van der Waals surface area (Å²) in [7, 11) is 0. The molecule has 1 aromatic heterocycles. The van der Waals surface area contributed by atoms with Crippen LogP contribution in [0.25, 0.3) is 0 Å². The molecule has 0 radical (unpaired) electrons. The highest BCUT2D eigenvalue weighted by Gasteiger charge is 2.26. The second kappa shape index (κ2) is 4.54. The standard InChI is InChI=1S/C9H9ClN4O3/c10-9-13-4(7(11)15)3-6(14-9)17-5-1-2-12-8(5)16/h3,5H,1-2H2,(H2,11,15)(H,12,16)/t5-/m0/s1. The van der Waals surface area contributed by atoms with Gasteiger partial charge in [-0.3, -0.25) is 9.59 Å². The Bertz CT molecular complexity index is 479. The van der Waals surface area contributed by atoms with Crippen molar-refractivity contribution in [3.63, 3.8) is 0 Å². The zero-order valence-corrected chi connectivity index (χ0v) is 9.40. The van der Waals surface area contributed by atoms with Gasteiger partial charge in [0.05, 0.1) is 0 Å². The molecule has 0 bridgehead atoms. The molecule has 1 fully saturated rings. The van der Waals surface area contributed by atoms with Crippen molar-refractivity contribution >= 4 is 23.4 Å². The van der Waals surface area contributed by atoms with Crippen molar-refractivity contribution < 1.29 is 14.3 Å². The van der Waals surface area contributed by atoms with Crippen molar-refractivity contribution in [3.05, 3.63) is 17.0 Å². The Morgan fingerprint density at radius 1 is 1.59 bits per heavy atom. The molecule has 0 aromatic carbocycles. The van der Waals surface area contributed by atoms with E-state index in [4.69, 9.17) is 22.1 Å². The van der Waals surface area contributed by atoms with E-state index in [1.165, 1.54) is 6.07 Å². The van der Waals surface area contributed by atoms with Crippen molar-refractivity contribution in [2.45, 2.75) is 12.5 Å². The van der Waals surface area contributed by atoms with Crippen LogP contribution in [-0.4, -0.2) is 34.4 Å². The minimum atomic E-state index is -0.741. The highest BCUT2D eigenvalue weighted by molar-refractivity contribution is 6.28. The van der Waals surface area contributed by atoms with Gasteiger partial charge in [0, 0.05) is 19.0 Å². The fourth-order valence-corrected chi connectivity index (χ4v) is 1.59. The van der Waals surface area contributed by atoms with E-state index >= 15 is 0 Å². The molecule has 3 N–H and O–H groups in total. The Morgan fingerprint density at radius 3 is 2.94 bits per heavy atom. The molecule has 0 unspecified atom stereocenters. The van der Waals surface area contributed by atoms with Gasteiger partial charge in [-0.25, -0.2) is 4.98 Å². The Labute approximate surface area is 101 Å². The van der Waals surface area contributed by atoms with Crippen LogP contribution in [0, 0.1) is 0 Å². The number of halogens is 1. The van der Waals surface area contributed by atoms with E-state index in [0.717, 1.165) is 0 Å².